The van der Waals surface area contributed by atoms with E-state index in [1.54, 1.807) is 25.2 Å². The molecule has 4 heterocycles. The maximum absolute atomic E-state index is 13.4. The number of rotatable bonds is 6. The van der Waals surface area contributed by atoms with Gasteiger partial charge >= 0.3 is 0 Å². The highest BCUT2D eigenvalue weighted by molar-refractivity contribution is 8.04. The van der Waals surface area contributed by atoms with E-state index in [0.29, 0.717) is 4.91 Å². The largest absolute Gasteiger partial charge is 0.380 e. The van der Waals surface area contributed by atoms with Crippen molar-refractivity contribution < 1.29 is 9.53 Å². The third kappa shape index (κ3) is 4.23. The molecule has 166 valence electrons. The van der Waals surface area contributed by atoms with Crippen molar-refractivity contribution in [2.75, 3.05) is 30.9 Å². The summed E-state index contributed by atoms with van der Waals surface area (Å²) in [6, 6.07) is 12.0. The van der Waals surface area contributed by atoms with E-state index in [-0.39, 0.29) is 24.1 Å². The van der Waals surface area contributed by atoms with E-state index in [9.17, 15) is 4.79 Å². The van der Waals surface area contributed by atoms with Gasteiger partial charge in [0.15, 0.2) is 0 Å². The molecular weight excluding hydrogens is 424 g/mol. The minimum atomic E-state index is -0.142. The summed E-state index contributed by atoms with van der Waals surface area (Å²) in [6.07, 6.45) is 6.31. The maximum Gasteiger partial charge on any atom is 0.259 e. The van der Waals surface area contributed by atoms with Crippen LogP contribution in [0.3, 0.4) is 0 Å². The third-order valence-electron chi connectivity index (χ3n) is 6.00. The molecular formula is C23H26N6O2S. The quantitative estimate of drug-likeness (QED) is 0.531. The van der Waals surface area contributed by atoms with Crippen molar-refractivity contribution >= 4 is 34.5 Å². The fourth-order valence-corrected chi connectivity index (χ4v) is 5.23. The molecule has 0 radical (unpaired) electrons. The number of anilines is 1. The SMILES string of the molecule is CO[C@H]1CN[C@@H](C(NC(=O)C2=CN(c3ncnc4[nH]ccc34)CCS2)c2ccccc2)C1. The van der Waals surface area contributed by atoms with Gasteiger partial charge in [0.1, 0.15) is 17.8 Å². The first kappa shape index (κ1) is 21.0. The number of thioether (sulfide) groups is 1. The Balaban J connectivity index is 1.38. The Morgan fingerprint density at radius 1 is 1.28 bits per heavy atom. The van der Waals surface area contributed by atoms with Gasteiger partial charge in [0.05, 0.1) is 22.4 Å². The van der Waals surface area contributed by atoms with E-state index in [4.69, 9.17) is 4.74 Å². The molecule has 9 heteroatoms. The van der Waals surface area contributed by atoms with Gasteiger partial charge in [-0.25, -0.2) is 9.97 Å². The normalized spacial score (nSPS) is 22.0. The van der Waals surface area contributed by atoms with Crippen LogP contribution in [0.15, 0.2) is 60.0 Å². The fourth-order valence-electron chi connectivity index (χ4n) is 4.33. The van der Waals surface area contributed by atoms with Gasteiger partial charge in [-0.1, -0.05) is 30.3 Å². The minimum Gasteiger partial charge on any atom is -0.380 e. The van der Waals surface area contributed by atoms with E-state index in [1.807, 2.05) is 41.6 Å². The predicted octanol–water partition coefficient (Wildman–Crippen LogP) is 2.59. The molecule has 3 N–H and O–H groups in total. The third-order valence-corrected chi connectivity index (χ3v) is 6.99. The van der Waals surface area contributed by atoms with E-state index in [2.05, 4.69) is 37.7 Å². The van der Waals surface area contributed by atoms with Gasteiger partial charge in [0.25, 0.3) is 5.91 Å². The van der Waals surface area contributed by atoms with E-state index < -0.39 is 0 Å². The van der Waals surface area contributed by atoms with Crippen molar-refractivity contribution in [1.29, 1.82) is 0 Å². The van der Waals surface area contributed by atoms with Crippen LogP contribution in [0, 0.1) is 0 Å². The number of hydrogen-bond donors (Lipinski definition) is 3. The number of benzene rings is 1. The molecule has 1 fully saturated rings. The number of carbonyl (C=O) groups excluding carboxylic acids is 1. The number of amides is 1. The number of fused-ring (bicyclic) bond motifs is 1. The number of aromatic nitrogens is 3. The second kappa shape index (κ2) is 9.32. The number of H-pyrrole nitrogens is 1. The summed E-state index contributed by atoms with van der Waals surface area (Å²) >= 11 is 1.57. The van der Waals surface area contributed by atoms with Gasteiger partial charge in [-0.3, -0.25) is 4.79 Å². The van der Waals surface area contributed by atoms with Crippen LogP contribution < -0.4 is 15.5 Å². The number of carbonyl (C=O) groups is 1. The number of methoxy groups -OCH3 is 1. The van der Waals surface area contributed by atoms with Crippen LogP contribution in [0.2, 0.25) is 0 Å². The zero-order valence-electron chi connectivity index (χ0n) is 17.8. The average molecular weight is 451 g/mol. The van der Waals surface area contributed by atoms with Crippen molar-refractivity contribution in [2.24, 2.45) is 0 Å². The number of nitrogens with zero attached hydrogens (tertiary/aromatic N) is 3. The molecule has 1 saturated heterocycles. The molecule has 2 aliphatic rings. The molecule has 0 aliphatic carbocycles. The molecule has 2 aromatic heterocycles. The van der Waals surface area contributed by atoms with Crippen LogP contribution in [0.5, 0.6) is 0 Å². The first-order valence-electron chi connectivity index (χ1n) is 10.7. The van der Waals surface area contributed by atoms with Crippen LogP contribution in [0.4, 0.5) is 5.82 Å². The smallest absolute Gasteiger partial charge is 0.259 e. The summed E-state index contributed by atoms with van der Waals surface area (Å²) in [4.78, 5) is 27.9. The van der Waals surface area contributed by atoms with Gasteiger partial charge in [0.2, 0.25) is 0 Å². The van der Waals surface area contributed by atoms with Crippen LogP contribution in [-0.4, -0.2) is 59.0 Å². The average Bonchev–Trinajstić information content (AvgIpc) is 3.52. The standard InChI is InChI=1S/C23H26N6O2S/c1-31-16-11-18(25-12-16)20(15-5-3-2-4-6-15)28-23(30)19-13-29(9-10-32-19)22-17-7-8-24-21(17)26-14-27-22/h2-8,13-14,16,18,20,25H,9-12H2,1H3,(H,28,30)(H,24,26,27)/t16-,18-,20?/m1/s1. The number of hydrogen-bond acceptors (Lipinski definition) is 7. The van der Waals surface area contributed by atoms with E-state index in [0.717, 1.165) is 47.7 Å². The van der Waals surface area contributed by atoms with Crippen LogP contribution >= 0.6 is 11.8 Å². The van der Waals surface area contributed by atoms with Crippen LogP contribution in [0.1, 0.15) is 18.0 Å². The van der Waals surface area contributed by atoms with E-state index in [1.165, 1.54) is 0 Å². The Morgan fingerprint density at radius 3 is 2.97 bits per heavy atom. The van der Waals surface area contributed by atoms with Crippen molar-refractivity contribution in [3.8, 4) is 0 Å². The molecule has 8 nitrogen and oxygen atoms in total. The molecule has 0 bridgehead atoms. The second-order valence-electron chi connectivity index (χ2n) is 7.94. The number of aromatic amines is 1. The summed E-state index contributed by atoms with van der Waals surface area (Å²) in [5.41, 5.74) is 1.87. The minimum absolute atomic E-state index is 0.0735. The first-order valence-corrected chi connectivity index (χ1v) is 11.7. The van der Waals surface area contributed by atoms with Crippen molar-refractivity contribution in [3.05, 3.63) is 65.6 Å². The lowest BCUT2D eigenvalue weighted by atomic mass is 9.97. The number of nitrogens with one attached hydrogen (secondary N) is 3. The lowest BCUT2D eigenvalue weighted by molar-refractivity contribution is -0.117. The molecule has 32 heavy (non-hydrogen) atoms. The van der Waals surface area contributed by atoms with Gasteiger partial charge in [-0.05, 0) is 18.1 Å². The summed E-state index contributed by atoms with van der Waals surface area (Å²) in [6.45, 7) is 1.56. The molecule has 0 saturated carbocycles. The summed E-state index contributed by atoms with van der Waals surface area (Å²) in [5, 5.41) is 7.74. The molecule has 3 atom stereocenters. The fraction of sp³-hybridized carbons (Fsp3) is 0.348. The van der Waals surface area contributed by atoms with Gasteiger partial charge in [-0.15, -0.1) is 11.8 Å². The van der Waals surface area contributed by atoms with Crippen LogP contribution in [0.25, 0.3) is 11.0 Å². The highest BCUT2D eigenvalue weighted by Gasteiger charge is 2.33. The van der Waals surface area contributed by atoms with Crippen molar-refractivity contribution in [1.82, 2.24) is 25.6 Å². The van der Waals surface area contributed by atoms with Gasteiger partial charge in [0, 0.05) is 44.4 Å². The molecule has 1 aromatic carbocycles. The molecule has 1 amide bonds. The first-order chi connectivity index (χ1) is 15.7. The second-order valence-corrected chi connectivity index (χ2v) is 9.08. The lowest BCUT2D eigenvalue weighted by Gasteiger charge is -2.29. The predicted molar refractivity (Wildman–Crippen MR) is 126 cm³/mol. The van der Waals surface area contributed by atoms with Crippen molar-refractivity contribution in [3.63, 3.8) is 0 Å². The topological polar surface area (TPSA) is 95.2 Å². The molecule has 5 rings (SSSR count). The Bertz CT molecular complexity index is 1120. The Labute approximate surface area is 190 Å². The number of ether oxygens (including phenoxy) is 1. The Morgan fingerprint density at radius 2 is 2.16 bits per heavy atom. The van der Waals surface area contributed by atoms with Gasteiger partial charge in [-0.2, -0.15) is 0 Å². The summed E-state index contributed by atoms with van der Waals surface area (Å²) in [7, 11) is 1.73. The van der Waals surface area contributed by atoms with E-state index >= 15 is 0 Å². The molecule has 3 aromatic rings. The molecule has 0 spiro atoms. The monoisotopic (exact) mass is 450 g/mol. The van der Waals surface area contributed by atoms with Crippen LogP contribution in [-0.2, 0) is 9.53 Å². The Hall–Kier alpha value is -2.88. The zero-order chi connectivity index (χ0) is 21.9. The molecule has 1 unspecified atom stereocenters. The van der Waals surface area contributed by atoms with Gasteiger partial charge < -0.3 is 25.3 Å². The maximum atomic E-state index is 13.4. The highest BCUT2D eigenvalue weighted by Crippen LogP contribution is 2.30. The van der Waals surface area contributed by atoms with Crippen molar-refractivity contribution in [2.45, 2.75) is 24.6 Å². The summed E-state index contributed by atoms with van der Waals surface area (Å²) < 4.78 is 5.53. The summed E-state index contributed by atoms with van der Waals surface area (Å²) in [5.74, 6) is 1.54. The zero-order valence-corrected chi connectivity index (χ0v) is 18.6. The molecule has 2 aliphatic heterocycles. The lowest BCUT2D eigenvalue weighted by Crippen LogP contribution is -2.42. The highest BCUT2D eigenvalue weighted by atomic mass is 32.2. The Kier molecular flexibility index (Phi) is 6.11.